The number of halogens is 2. The molecule has 0 aliphatic carbocycles. The summed E-state index contributed by atoms with van der Waals surface area (Å²) >= 11 is 9.45. The van der Waals surface area contributed by atoms with Crippen molar-refractivity contribution in [3.05, 3.63) is 33.3 Å². The molecular formula is C15H19BrClNO. The Hall–Kier alpha value is -0.380. The van der Waals surface area contributed by atoms with E-state index in [1.807, 2.05) is 6.07 Å². The first-order valence-electron chi connectivity index (χ1n) is 6.80. The van der Waals surface area contributed by atoms with Crippen molar-refractivity contribution in [1.82, 2.24) is 4.90 Å². The highest BCUT2D eigenvalue weighted by atomic mass is 79.9. The summed E-state index contributed by atoms with van der Waals surface area (Å²) in [7, 11) is 0. The molecule has 1 unspecified atom stereocenters. The van der Waals surface area contributed by atoms with Crippen molar-refractivity contribution >= 4 is 33.3 Å². The second-order valence-electron chi connectivity index (χ2n) is 5.16. The Labute approximate surface area is 128 Å². The Morgan fingerprint density at radius 2 is 2.32 bits per heavy atom. The minimum atomic E-state index is 0.137. The largest absolute Gasteiger partial charge is 0.303 e. The molecule has 1 aliphatic heterocycles. The van der Waals surface area contributed by atoms with Gasteiger partial charge in [0.15, 0.2) is 5.78 Å². The van der Waals surface area contributed by atoms with E-state index >= 15 is 0 Å². The second kappa shape index (κ2) is 6.87. The average Bonchev–Trinajstić information content (AvgIpc) is 2.84. The van der Waals surface area contributed by atoms with Crippen LogP contribution in [0.25, 0.3) is 0 Å². The molecule has 1 aromatic rings. The molecule has 1 atom stereocenters. The molecule has 2 nitrogen and oxygen atoms in total. The van der Waals surface area contributed by atoms with Gasteiger partial charge < -0.3 is 4.90 Å². The van der Waals surface area contributed by atoms with Gasteiger partial charge in [0.1, 0.15) is 0 Å². The number of benzene rings is 1. The van der Waals surface area contributed by atoms with Crippen molar-refractivity contribution in [2.75, 3.05) is 19.6 Å². The van der Waals surface area contributed by atoms with Gasteiger partial charge in [0, 0.05) is 29.5 Å². The van der Waals surface area contributed by atoms with Crippen LogP contribution < -0.4 is 0 Å². The molecule has 0 N–H and O–H groups in total. The molecule has 104 valence electrons. The maximum atomic E-state index is 12.2. The summed E-state index contributed by atoms with van der Waals surface area (Å²) in [5.41, 5.74) is 0.635. The first-order chi connectivity index (χ1) is 9.10. The third-order valence-electron chi connectivity index (χ3n) is 3.83. The first-order valence-corrected chi connectivity index (χ1v) is 7.98. The molecule has 4 heteroatoms. The monoisotopic (exact) mass is 343 g/mol. The van der Waals surface area contributed by atoms with Crippen molar-refractivity contribution < 1.29 is 4.79 Å². The van der Waals surface area contributed by atoms with Crippen LogP contribution in [0, 0.1) is 5.92 Å². The van der Waals surface area contributed by atoms with Gasteiger partial charge in [0.05, 0.1) is 5.02 Å². The second-order valence-corrected chi connectivity index (χ2v) is 6.48. The number of hydrogen-bond donors (Lipinski definition) is 0. The van der Waals surface area contributed by atoms with Gasteiger partial charge in [-0.15, -0.1) is 0 Å². The highest BCUT2D eigenvalue weighted by Gasteiger charge is 2.21. The standard InChI is InChI=1S/C15H19BrClNO/c1-2-11-5-7-18(10-11)8-6-15(19)13-4-3-12(16)9-14(13)17/h3-4,9,11H,2,5-8,10H2,1H3. The van der Waals surface area contributed by atoms with Crippen LogP contribution in [-0.2, 0) is 0 Å². The molecule has 0 radical (unpaired) electrons. The van der Waals surface area contributed by atoms with Crippen LogP contribution in [0.1, 0.15) is 36.5 Å². The molecule has 1 heterocycles. The summed E-state index contributed by atoms with van der Waals surface area (Å²) in [4.78, 5) is 14.5. The summed E-state index contributed by atoms with van der Waals surface area (Å²) in [5.74, 6) is 0.948. The summed E-state index contributed by atoms with van der Waals surface area (Å²) in [5, 5.41) is 0.534. The minimum absolute atomic E-state index is 0.137. The van der Waals surface area contributed by atoms with E-state index in [0.29, 0.717) is 17.0 Å². The van der Waals surface area contributed by atoms with Crippen molar-refractivity contribution in [3.8, 4) is 0 Å². The summed E-state index contributed by atoms with van der Waals surface area (Å²) < 4.78 is 0.902. The summed E-state index contributed by atoms with van der Waals surface area (Å²) in [6.45, 7) is 5.35. The van der Waals surface area contributed by atoms with Crippen LogP contribution in [0.5, 0.6) is 0 Å². The molecule has 0 amide bonds. The van der Waals surface area contributed by atoms with Gasteiger partial charge in [-0.2, -0.15) is 0 Å². The third-order valence-corrected chi connectivity index (χ3v) is 4.64. The van der Waals surface area contributed by atoms with E-state index in [2.05, 4.69) is 27.8 Å². The van der Waals surface area contributed by atoms with Crippen LogP contribution in [-0.4, -0.2) is 30.3 Å². The Morgan fingerprint density at radius 3 is 2.95 bits per heavy atom. The van der Waals surface area contributed by atoms with E-state index < -0.39 is 0 Å². The number of ketones is 1. The molecule has 1 aromatic carbocycles. The Balaban J connectivity index is 1.88. The van der Waals surface area contributed by atoms with E-state index in [4.69, 9.17) is 11.6 Å². The molecule has 19 heavy (non-hydrogen) atoms. The van der Waals surface area contributed by atoms with E-state index in [1.165, 1.54) is 12.8 Å². The molecule has 0 aromatic heterocycles. The fraction of sp³-hybridized carbons (Fsp3) is 0.533. The van der Waals surface area contributed by atoms with E-state index in [-0.39, 0.29) is 5.78 Å². The molecule has 1 aliphatic rings. The maximum Gasteiger partial charge on any atom is 0.165 e. The fourth-order valence-electron chi connectivity index (χ4n) is 2.56. The Bertz CT molecular complexity index is 463. The van der Waals surface area contributed by atoms with Crippen molar-refractivity contribution in [1.29, 1.82) is 0 Å². The zero-order chi connectivity index (χ0) is 13.8. The highest BCUT2D eigenvalue weighted by Crippen LogP contribution is 2.23. The average molecular weight is 345 g/mol. The number of carbonyl (C=O) groups is 1. The van der Waals surface area contributed by atoms with Gasteiger partial charge in [-0.25, -0.2) is 0 Å². The van der Waals surface area contributed by atoms with Crippen molar-refractivity contribution in [2.24, 2.45) is 5.92 Å². The topological polar surface area (TPSA) is 20.3 Å². The van der Waals surface area contributed by atoms with Gasteiger partial charge >= 0.3 is 0 Å². The smallest absolute Gasteiger partial charge is 0.165 e. The molecule has 1 saturated heterocycles. The quantitative estimate of drug-likeness (QED) is 0.738. The summed E-state index contributed by atoms with van der Waals surface area (Å²) in [6, 6.07) is 5.44. The van der Waals surface area contributed by atoms with Gasteiger partial charge in [0.2, 0.25) is 0 Å². The number of nitrogens with zero attached hydrogens (tertiary/aromatic N) is 1. The zero-order valence-corrected chi connectivity index (χ0v) is 13.5. The van der Waals surface area contributed by atoms with E-state index in [9.17, 15) is 4.79 Å². The number of likely N-dealkylation sites (tertiary alicyclic amines) is 1. The molecule has 1 fully saturated rings. The maximum absolute atomic E-state index is 12.2. The SMILES string of the molecule is CCC1CCN(CCC(=O)c2ccc(Br)cc2Cl)C1. The molecule has 2 rings (SSSR count). The summed E-state index contributed by atoms with van der Waals surface area (Å²) in [6.07, 6.45) is 3.06. The lowest BCUT2D eigenvalue weighted by Crippen LogP contribution is -2.24. The lowest BCUT2D eigenvalue weighted by atomic mass is 10.1. The van der Waals surface area contributed by atoms with Gasteiger partial charge in [0.25, 0.3) is 0 Å². The Kier molecular flexibility index (Phi) is 5.43. The predicted octanol–water partition coefficient (Wildman–Crippen LogP) is 4.41. The fourth-order valence-corrected chi connectivity index (χ4v) is 3.34. The Morgan fingerprint density at radius 1 is 1.53 bits per heavy atom. The number of hydrogen-bond acceptors (Lipinski definition) is 2. The number of rotatable bonds is 5. The third kappa shape index (κ3) is 4.04. The molecule has 0 saturated carbocycles. The predicted molar refractivity (Wildman–Crippen MR) is 82.9 cm³/mol. The van der Waals surface area contributed by atoms with Crippen molar-refractivity contribution in [3.63, 3.8) is 0 Å². The van der Waals surface area contributed by atoms with E-state index in [1.54, 1.807) is 12.1 Å². The van der Waals surface area contributed by atoms with Crippen LogP contribution >= 0.6 is 27.5 Å². The first kappa shape index (κ1) is 15.0. The van der Waals surface area contributed by atoms with E-state index in [0.717, 1.165) is 30.0 Å². The van der Waals surface area contributed by atoms with Gasteiger partial charge in [-0.3, -0.25) is 4.79 Å². The van der Waals surface area contributed by atoms with Gasteiger partial charge in [-0.1, -0.05) is 40.9 Å². The lowest BCUT2D eigenvalue weighted by molar-refractivity contribution is 0.0968. The minimum Gasteiger partial charge on any atom is -0.303 e. The zero-order valence-electron chi connectivity index (χ0n) is 11.2. The normalized spacial score (nSPS) is 19.8. The highest BCUT2D eigenvalue weighted by molar-refractivity contribution is 9.10. The molecular weight excluding hydrogens is 326 g/mol. The number of carbonyl (C=O) groups excluding carboxylic acids is 1. The van der Waals surface area contributed by atoms with Gasteiger partial charge in [-0.05, 0) is 37.1 Å². The van der Waals surface area contributed by atoms with Crippen LogP contribution in [0.3, 0.4) is 0 Å². The molecule has 0 spiro atoms. The van der Waals surface area contributed by atoms with Crippen LogP contribution in [0.2, 0.25) is 5.02 Å². The molecule has 0 bridgehead atoms. The van der Waals surface area contributed by atoms with Crippen LogP contribution in [0.15, 0.2) is 22.7 Å². The van der Waals surface area contributed by atoms with Crippen molar-refractivity contribution in [2.45, 2.75) is 26.2 Å². The van der Waals surface area contributed by atoms with Crippen LogP contribution in [0.4, 0.5) is 0 Å². The lowest BCUT2D eigenvalue weighted by Gasteiger charge is -2.15. The number of Topliss-reactive ketones (excluding diaryl/α,β-unsaturated/α-hetero) is 1.